The molecule has 6 heteroatoms. The van der Waals surface area contributed by atoms with Crippen LogP contribution in [0.15, 0.2) is 18.2 Å². The molecule has 1 fully saturated rings. The van der Waals surface area contributed by atoms with E-state index in [2.05, 4.69) is 0 Å². The average Bonchev–Trinajstić information content (AvgIpc) is 2.93. The van der Waals surface area contributed by atoms with E-state index in [9.17, 15) is 9.90 Å². The maximum Gasteiger partial charge on any atom is 0.258 e. The van der Waals surface area contributed by atoms with Crippen LogP contribution in [-0.4, -0.2) is 48.3 Å². The molecule has 1 aliphatic rings. The topological polar surface area (TPSA) is 75.8 Å². The number of carbonyl (C=O) groups is 1. The molecule has 3 N–H and O–H groups in total. The van der Waals surface area contributed by atoms with Crippen molar-refractivity contribution in [3.05, 3.63) is 28.8 Å². The van der Waals surface area contributed by atoms with Crippen molar-refractivity contribution in [2.75, 3.05) is 26.3 Å². The van der Waals surface area contributed by atoms with Crippen LogP contribution in [0.25, 0.3) is 0 Å². The Hall–Kier alpha value is -1.30. The van der Waals surface area contributed by atoms with Gasteiger partial charge >= 0.3 is 0 Å². The molecule has 1 heterocycles. The molecule has 1 atom stereocenters. The monoisotopic (exact) mass is 298 g/mol. The molecule has 5 nitrogen and oxygen atoms in total. The van der Waals surface area contributed by atoms with Gasteiger partial charge in [-0.25, -0.2) is 0 Å². The summed E-state index contributed by atoms with van der Waals surface area (Å²) in [4.78, 5) is 14.3. The normalized spacial score (nSPS) is 18.4. The van der Waals surface area contributed by atoms with Crippen LogP contribution in [0.5, 0.6) is 5.75 Å². The van der Waals surface area contributed by atoms with Gasteiger partial charge in [0.15, 0.2) is 0 Å². The molecule has 1 aromatic rings. The van der Waals surface area contributed by atoms with E-state index in [0.29, 0.717) is 36.0 Å². The molecule has 110 valence electrons. The fourth-order valence-corrected chi connectivity index (χ4v) is 2.58. The van der Waals surface area contributed by atoms with Crippen LogP contribution >= 0.6 is 11.6 Å². The minimum absolute atomic E-state index is 0.0225. The summed E-state index contributed by atoms with van der Waals surface area (Å²) in [6, 6.07) is 4.83. The molecule has 2 rings (SSSR count). The van der Waals surface area contributed by atoms with Gasteiger partial charge in [0.25, 0.3) is 5.91 Å². The fraction of sp³-hybridized carbons (Fsp3) is 0.500. The highest BCUT2D eigenvalue weighted by atomic mass is 35.5. The van der Waals surface area contributed by atoms with Crippen LogP contribution in [-0.2, 0) is 0 Å². The lowest BCUT2D eigenvalue weighted by molar-refractivity contribution is 0.0673. The van der Waals surface area contributed by atoms with Crippen LogP contribution < -0.4 is 10.5 Å². The molecule has 20 heavy (non-hydrogen) atoms. The van der Waals surface area contributed by atoms with E-state index in [1.54, 1.807) is 23.1 Å². The molecule has 1 aliphatic heterocycles. The third-order valence-corrected chi connectivity index (χ3v) is 3.63. The maximum atomic E-state index is 12.6. The second kappa shape index (κ2) is 6.92. The number of nitrogens with zero attached hydrogens (tertiary/aromatic N) is 1. The molecule has 0 radical (unpaired) electrons. The number of carbonyl (C=O) groups excluding carboxylic acids is 1. The zero-order valence-electron chi connectivity index (χ0n) is 11.2. The van der Waals surface area contributed by atoms with Crippen molar-refractivity contribution in [3.8, 4) is 5.75 Å². The molecular weight excluding hydrogens is 280 g/mol. The number of likely N-dealkylation sites (tertiary alicyclic amines) is 1. The number of hydrogen-bond acceptors (Lipinski definition) is 4. The van der Waals surface area contributed by atoms with Gasteiger partial charge in [0.05, 0.1) is 18.2 Å². The predicted octanol–water partition coefficient (Wildman–Crippen LogP) is 1.27. The summed E-state index contributed by atoms with van der Waals surface area (Å²) in [5.41, 5.74) is 5.84. The summed E-state index contributed by atoms with van der Waals surface area (Å²) >= 11 is 5.97. The molecule has 0 bridgehead atoms. The SMILES string of the molecule is NCCOc1ccc(Cl)cc1C(=O)N1CCC[C@H]1CO. The van der Waals surface area contributed by atoms with Gasteiger partial charge in [-0.3, -0.25) is 4.79 Å². The highest BCUT2D eigenvalue weighted by Crippen LogP contribution is 2.27. The summed E-state index contributed by atoms with van der Waals surface area (Å²) in [6.07, 6.45) is 1.72. The molecule has 0 saturated carbocycles. The first kappa shape index (κ1) is 15.1. The lowest BCUT2D eigenvalue weighted by Gasteiger charge is -2.24. The molecule has 0 unspecified atom stereocenters. The summed E-state index contributed by atoms with van der Waals surface area (Å²) in [6.45, 7) is 1.34. The third-order valence-electron chi connectivity index (χ3n) is 3.40. The number of benzene rings is 1. The second-order valence-corrected chi connectivity index (χ2v) is 5.19. The van der Waals surface area contributed by atoms with Gasteiger partial charge in [-0.05, 0) is 31.0 Å². The number of hydrogen-bond donors (Lipinski definition) is 2. The summed E-state index contributed by atoms with van der Waals surface area (Å²) < 4.78 is 5.50. The van der Waals surface area contributed by atoms with E-state index in [-0.39, 0.29) is 18.6 Å². The largest absolute Gasteiger partial charge is 0.491 e. The van der Waals surface area contributed by atoms with Crippen LogP contribution in [0.3, 0.4) is 0 Å². The van der Waals surface area contributed by atoms with Crippen molar-refractivity contribution in [3.63, 3.8) is 0 Å². The smallest absolute Gasteiger partial charge is 0.258 e. The molecule has 1 aromatic carbocycles. The Morgan fingerprint density at radius 1 is 1.55 bits per heavy atom. The summed E-state index contributed by atoms with van der Waals surface area (Å²) in [7, 11) is 0. The molecular formula is C14H19ClN2O3. The van der Waals surface area contributed by atoms with Crippen LogP contribution in [0, 0.1) is 0 Å². The van der Waals surface area contributed by atoms with Crippen molar-refractivity contribution < 1.29 is 14.6 Å². The first-order valence-electron chi connectivity index (χ1n) is 6.71. The van der Waals surface area contributed by atoms with Gasteiger partial charge in [0, 0.05) is 18.1 Å². The Bertz CT molecular complexity index is 481. The van der Waals surface area contributed by atoms with Gasteiger partial charge in [-0.15, -0.1) is 0 Å². The quantitative estimate of drug-likeness (QED) is 0.858. The van der Waals surface area contributed by atoms with E-state index < -0.39 is 0 Å². The Morgan fingerprint density at radius 3 is 3.05 bits per heavy atom. The minimum atomic E-state index is -0.156. The maximum absolute atomic E-state index is 12.6. The number of aliphatic hydroxyl groups excluding tert-OH is 1. The zero-order valence-corrected chi connectivity index (χ0v) is 12.0. The molecule has 0 spiro atoms. The minimum Gasteiger partial charge on any atom is -0.491 e. The third kappa shape index (κ3) is 3.23. The molecule has 1 amide bonds. The van der Waals surface area contributed by atoms with Crippen LogP contribution in [0.1, 0.15) is 23.2 Å². The lowest BCUT2D eigenvalue weighted by atomic mass is 10.1. The molecule has 1 saturated heterocycles. The second-order valence-electron chi connectivity index (χ2n) is 4.75. The zero-order chi connectivity index (χ0) is 14.5. The predicted molar refractivity (Wildman–Crippen MR) is 77.1 cm³/mol. The first-order valence-corrected chi connectivity index (χ1v) is 7.09. The van der Waals surface area contributed by atoms with E-state index in [1.807, 2.05) is 0 Å². The van der Waals surface area contributed by atoms with Crippen molar-refractivity contribution in [2.24, 2.45) is 5.73 Å². The first-order chi connectivity index (χ1) is 9.67. The van der Waals surface area contributed by atoms with Gasteiger partial charge in [0.2, 0.25) is 0 Å². The summed E-state index contributed by atoms with van der Waals surface area (Å²) in [5, 5.41) is 9.81. The van der Waals surface area contributed by atoms with Crippen molar-refractivity contribution in [1.82, 2.24) is 4.90 Å². The number of ether oxygens (including phenoxy) is 1. The number of amides is 1. The van der Waals surface area contributed by atoms with E-state index in [4.69, 9.17) is 22.1 Å². The van der Waals surface area contributed by atoms with E-state index in [1.165, 1.54) is 0 Å². The molecule has 0 aliphatic carbocycles. The number of halogens is 1. The van der Waals surface area contributed by atoms with Crippen molar-refractivity contribution in [2.45, 2.75) is 18.9 Å². The van der Waals surface area contributed by atoms with Gasteiger partial charge < -0.3 is 20.5 Å². The number of nitrogens with two attached hydrogens (primary N) is 1. The van der Waals surface area contributed by atoms with Crippen LogP contribution in [0.2, 0.25) is 5.02 Å². The average molecular weight is 299 g/mol. The van der Waals surface area contributed by atoms with E-state index in [0.717, 1.165) is 12.8 Å². The van der Waals surface area contributed by atoms with E-state index >= 15 is 0 Å². The highest BCUT2D eigenvalue weighted by Gasteiger charge is 2.30. The number of rotatable bonds is 5. The highest BCUT2D eigenvalue weighted by molar-refractivity contribution is 6.31. The Morgan fingerprint density at radius 2 is 2.35 bits per heavy atom. The Kier molecular flexibility index (Phi) is 5.23. The molecule has 0 aromatic heterocycles. The van der Waals surface area contributed by atoms with Gasteiger partial charge in [-0.1, -0.05) is 11.6 Å². The Labute approximate surface area is 123 Å². The summed E-state index contributed by atoms with van der Waals surface area (Å²) in [5.74, 6) is 0.324. The van der Waals surface area contributed by atoms with Crippen molar-refractivity contribution in [1.29, 1.82) is 0 Å². The standard InChI is InChI=1S/C14H19ClN2O3/c15-10-3-4-13(20-7-5-16)12(8-10)14(19)17-6-1-2-11(17)9-18/h3-4,8,11,18H,1-2,5-7,9,16H2/t11-/m0/s1. The number of aliphatic hydroxyl groups is 1. The Balaban J connectivity index is 2.25. The fourth-order valence-electron chi connectivity index (χ4n) is 2.41. The van der Waals surface area contributed by atoms with Crippen molar-refractivity contribution >= 4 is 17.5 Å². The van der Waals surface area contributed by atoms with Gasteiger partial charge in [-0.2, -0.15) is 0 Å². The lowest BCUT2D eigenvalue weighted by Crippen LogP contribution is -2.37. The van der Waals surface area contributed by atoms with Crippen LogP contribution in [0.4, 0.5) is 0 Å². The van der Waals surface area contributed by atoms with Gasteiger partial charge in [0.1, 0.15) is 12.4 Å².